The molecule has 2 aromatic carbocycles. The predicted octanol–water partition coefficient (Wildman–Crippen LogP) is 2.29. The van der Waals surface area contributed by atoms with Crippen LogP contribution in [0.15, 0.2) is 54.9 Å². The van der Waals surface area contributed by atoms with Crippen molar-refractivity contribution >= 4 is 45.4 Å². The van der Waals surface area contributed by atoms with Crippen LogP contribution >= 0.6 is 0 Å². The molecule has 0 atom stereocenters. The lowest BCUT2D eigenvalue weighted by atomic mass is 9.89. The summed E-state index contributed by atoms with van der Waals surface area (Å²) in [5, 5.41) is 21.4. The maximum absolute atomic E-state index is 12.8. The lowest BCUT2D eigenvalue weighted by molar-refractivity contribution is -0.137. The van der Waals surface area contributed by atoms with Crippen molar-refractivity contribution in [2.24, 2.45) is 0 Å². The average molecular weight is 543 g/mol. The van der Waals surface area contributed by atoms with Gasteiger partial charge in [-0.15, -0.1) is 0 Å². The minimum Gasteiger partial charge on any atom is -0.480 e. The fourth-order valence-electron chi connectivity index (χ4n) is 5.23. The third-order valence-electron chi connectivity index (χ3n) is 7.26. The zero-order valence-electron chi connectivity index (χ0n) is 22.1. The second kappa shape index (κ2) is 11.5. The summed E-state index contributed by atoms with van der Waals surface area (Å²) in [6.07, 6.45) is 5.12. The van der Waals surface area contributed by atoms with E-state index in [4.69, 9.17) is 10.2 Å². The van der Waals surface area contributed by atoms with Gasteiger partial charge in [0, 0.05) is 49.1 Å². The van der Waals surface area contributed by atoms with Crippen molar-refractivity contribution in [1.82, 2.24) is 30.3 Å². The molecule has 3 N–H and O–H groups in total. The summed E-state index contributed by atoms with van der Waals surface area (Å²) in [6.45, 7) is 1.90. The first-order chi connectivity index (χ1) is 19.3. The molecule has 0 unspecified atom stereocenters. The summed E-state index contributed by atoms with van der Waals surface area (Å²) in [4.78, 5) is 53.3. The van der Waals surface area contributed by atoms with Gasteiger partial charge in [-0.2, -0.15) is 5.10 Å². The Labute approximate surface area is 230 Å². The number of carboxylic acids is 1. The highest BCUT2D eigenvalue weighted by Crippen LogP contribution is 2.38. The van der Waals surface area contributed by atoms with E-state index in [2.05, 4.69) is 33.8 Å². The molecule has 1 aliphatic heterocycles. The summed E-state index contributed by atoms with van der Waals surface area (Å²) in [5.41, 5.74) is 3.67. The van der Waals surface area contributed by atoms with E-state index in [1.807, 2.05) is 35.4 Å². The summed E-state index contributed by atoms with van der Waals surface area (Å²) in [7, 11) is 0. The average Bonchev–Trinajstić information content (AvgIpc) is 3.33. The van der Waals surface area contributed by atoms with Crippen LogP contribution in [-0.2, 0) is 25.7 Å². The largest absolute Gasteiger partial charge is 0.480 e. The summed E-state index contributed by atoms with van der Waals surface area (Å²) in [6, 6.07) is 14.1. The number of fused-ring (bicyclic) bond motifs is 2. The number of likely N-dealkylation sites (tertiary alicyclic amines) is 1. The molecule has 0 radical (unpaired) electrons. The van der Waals surface area contributed by atoms with Gasteiger partial charge in [0.25, 0.3) is 0 Å². The van der Waals surface area contributed by atoms with Crippen LogP contribution in [0.3, 0.4) is 0 Å². The van der Waals surface area contributed by atoms with Crippen molar-refractivity contribution < 1.29 is 24.3 Å². The van der Waals surface area contributed by atoms with Crippen LogP contribution in [0.25, 0.3) is 32.8 Å². The molecule has 11 heteroatoms. The van der Waals surface area contributed by atoms with Gasteiger partial charge in [-0.25, -0.2) is 0 Å². The van der Waals surface area contributed by atoms with Gasteiger partial charge >= 0.3 is 5.97 Å². The molecular formula is C29H30N6O5. The van der Waals surface area contributed by atoms with E-state index in [0.29, 0.717) is 13.1 Å². The molecule has 3 amide bonds. The first kappa shape index (κ1) is 26.8. The number of carboxylic acid groups (broad SMARTS) is 1. The third-order valence-corrected chi connectivity index (χ3v) is 7.26. The van der Waals surface area contributed by atoms with Crippen molar-refractivity contribution in [1.29, 1.82) is 0 Å². The first-order valence-corrected chi connectivity index (χ1v) is 13.1. The second-order valence-corrected chi connectivity index (χ2v) is 9.91. The maximum atomic E-state index is 12.8. The Bertz CT molecular complexity index is 1610. The summed E-state index contributed by atoms with van der Waals surface area (Å²) >= 11 is 0. The van der Waals surface area contributed by atoms with E-state index in [1.54, 1.807) is 17.8 Å². The Kier molecular flexibility index (Phi) is 7.72. The lowest BCUT2D eigenvalue weighted by Gasteiger charge is -2.30. The number of hydrogen-bond donors (Lipinski definition) is 3. The molecule has 3 heterocycles. The second-order valence-electron chi connectivity index (χ2n) is 9.91. The minimum atomic E-state index is -1.16. The van der Waals surface area contributed by atoms with Gasteiger partial charge in [0.15, 0.2) is 0 Å². The quantitative estimate of drug-likeness (QED) is 0.310. The van der Waals surface area contributed by atoms with Gasteiger partial charge in [0.05, 0.1) is 17.8 Å². The predicted molar refractivity (Wildman–Crippen MR) is 148 cm³/mol. The van der Waals surface area contributed by atoms with Crippen LogP contribution in [0.1, 0.15) is 31.4 Å². The molecule has 4 aromatic rings. The summed E-state index contributed by atoms with van der Waals surface area (Å²) in [5.74, 6) is -2.01. The van der Waals surface area contributed by atoms with Crippen LogP contribution < -0.4 is 10.6 Å². The molecule has 1 fully saturated rings. The highest BCUT2D eigenvalue weighted by Gasteiger charge is 2.28. The molecule has 0 spiro atoms. The number of nitrogens with one attached hydrogen (secondary N) is 2. The van der Waals surface area contributed by atoms with Crippen LogP contribution in [0, 0.1) is 0 Å². The third kappa shape index (κ3) is 5.78. The van der Waals surface area contributed by atoms with Gasteiger partial charge < -0.3 is 20.6 Å². The molecule has 2 aromatic heterocycles. The van der Waals surface area contributed by atoms with Crippen molar-refractivity contribution in [2.45, 2.75) is 32.2 Å². The van der Waals surface area contributed by atoms with Crippen LogP contribution in [-0.4, -0.2) is 74.6 Å². The van der Waals surface area contributed by atoms with Crippen molar-refractivity contribution in [3.8, 4) is 11.1 Å². The highest BCUT2D eigenvalue weighted by molar-refractivity contribution is 6.00. The fourth-order valence-corrected chi connectivity index (χ4v) is 5.23. The molecule has 206 valence electrons. The zero-order valence-corrected chi connectivity index (χ0v) is 22.1. The Balaban J connectivity index is 1.48. The normalized spacial score (nSPS) is 13.9. The number of aliphatic carboxylic acids is 1. The van der Waals surface area contributed by atoms with Crippen LogP contribution in [0.5, 0.6) is 0 Å². The smallest absolute Gasteiger partial charge is 0.322 e. The van der Waals surface area contributed by atoms with Crippen LogP contribution in [0.2, 0.25) is 0 Å². The van der Waals surface area contributed by atoms with E-state index in [1.165, 1.54) is 0 Å². The number of aromatic nitrogens is 3. The van der Waals surface area contributed by atoms with E-state index in [0.717, 1.165) is 51.3 Å². The topological polar surface area (TPSA) is 147 Å². The number of pyridine rings is 1. The number of rotatable bonds is 8. The molecule has 40 heavy (non-hydrogen) atoms. The standard InChI is InChI=1S/C29H30N6O5/c1-18(36)34-11-8-20(9-12-34)29-28-23(21-6-5-19-7-10-30-14-22(19)13-21)3-2-4-24(28)35(33-29)17-26(38)31-15-25(37)32-16-27(39)40/h2-7,10,13-14,20H,8-9,11-12,15-17H2,1H3,(H,31,38)(H,32,37)(H,39,40). The molecule has 1 aliphatic rings. The van der Waals surface area contributed by atoms with Crippen LogP contribution in [0.4, 0.5) is 0 Å². The van der Waals surface area contributed by atoms with Gasteiger partial charge in [-0.05, 0) is 47.6 Å². The lowest BCUT2D eigenvalue weighted by Crippen LogP contribution is -2.40. The summed E-state index contributed by atoms with van der Waals surface area (Å²) < 4.78 is 1.65. The molecule has 0 aliphatic carbocycles. The van der Waals surface area contributed by atoms with E-state index >= 15 is 0 Å². The number of hydrogen-bond acceptors (Lipinski definition) is 6. The Morgan fingerprint density at radius 1 is 0.975 bits per heavy atom. The number of benzene rings is 2. The number of nitrogens with zero attached hydrogens (tertiary/aromatic N) is 4. The monoisotopic (exact) mass is 542 g/mol. The van der Waals surface area contributed by atoms with E-state index in [9.17, 15) is 19.2 Å². The Morgan fingerprint density at radius 2 is 1.75 bits per heavy atom. The Hall–Kier alpha value is -4.80. The first-order valence-electron chi connectivity index (χ1n) is 13.1. The molecule has 1 saturated heterocycles. The van der Waals surface area contributed by atoms with E-state index in [-0.39, 0.29) is 24.9 Å². The van der Waals surface area contributed by atoms with Crippen molar-refractivity contribution in [3.63, 3.8) is 0 Å². The minimum absolute atomic E-state index is 0.0587. The number of amides is 3. The van der Waals surface area contributed by atoms with Crippen molar-refractivity contribution in [2.75, 3.05) is 26.2 Å². The molecule has 0 bridgehead atoms. The van der Waals surface area contributed by atoms with Gasteiger partial charge in [0.1, 0.15) is 13.1 Å². The molecule has 5 rings (SSSR count). The number of piperidine rings is 1. The van der Waals surface area contributed by atoms with Gasteiger partial charge in [-0.3, -0.25) is 28.8 Å². The fraction of sp³-hybridized carbons (Fsp3) is 0.310. The Morgan fingerprint density at radius 3 is 2.50 bits per heavy atom. The van der Waals surface area contributed by atoms with Crippen molar-refractivity contribution in [3.05, 3.63) is 60.6 Å². The van der Waals surface area contributed by atoms with Gasteiger partial charge in [-0.1, -0.05) is 24.3 Å². The number of carbonyl (C=O) groups excluding carboxylic acids is 3. The molecule has 0 saturated carbocycles. The molecular weight excluding hydrogens is 512 g/mol. The number of carbonyl (C=O) groups is 4. The maximum Gasteiger partial charge on any atom is 0.322 e. The van der Waals surface area contributed by atoms with Gasteiger partial charge in [0.2, 0.25) is 17.7 Å². The molecule has 11 nitrogen and oxygen atoms in total. The zero-order chi connectivity index (χ0) is 28.2. The highest BCUT2D eigenvalue weighted by atomic mass is 16.4. The SMILES string of the molecule is CC(=O)N1CCC(c2nn(CC(=O)NCC(=O)NCC(=O)O)c3cccc(-c4ccc5ccncc5c4)c23)CC1. The van der Waals surface area contributed by atoms with E-state index < -0.39 is 24.3 Å².